The number of unbranched alkanes of at least 4 members (excludes halogenated alkanes) is 2. The predicted molar refractivity (Wildman–Crippen MR) is 121 cm³/mol. The molecule has 0 heterocycles. The molecule has 2 aromatic rings. The van der Waals surface area contributed by atoms with Crippen molar-refractivity contribution >= 4 is 18.0 Å². The van der Waals surface area contributed by atoms with Gasteiger partial charge < -0.3 is 20.5 Å². The Kier molecular flexibility index (Phi) is 8.25. The van der Waals surface area contributed by atoms with Crippen molar-refractivity contribution in [3.63, 3.8) is 0 Å². The number of carboxylic acids is 1. The topological polar surface area (TPSA) is 105 Å². The third-order valence-electron chi connectivity index (χ3n) is 5.58. The number of fused-ring (bicyclic) bond motifs is 3. The molecule has 0 unspecified atom stereocenters. The Morgan fingerprint density at radius 3 is 2.22 bits per heavy atom. The second kappa shape index (κ2) is 11.3. The van der Waals surface area contributed by atoms with Crippen LogP contribution in [0.2, 0.25) is 0 Å². The van der Waals surface area contributed by atoms with E-state index in [9.17, 15) is 14.4 Å². The molecular weight excluding hydrogens is 408 g/mol. The van der Waals surface area contributed by atoms with Crippen molar-refractivity contribution < 1.29 is 24.2 Å². The lowest BCUT2D eigenvalue weighted by Crippen LogP contribution is -2.34. The fraction of sp³-hybridized carbons (Fsp3) is 0.400. The van der Waals surface area contributed by atoms with Gasteiger partial charge in [-0.3, -0.25) is 9.59 Å². The fourth-order valence-corrected chi connectivity index (χ4v) is 4.09. The van der Waals surface area contributed by atoms with Gasteiger partial charge in [0.25, 0.3) is 0 Å². The first kappa shape index (κ1) is 23.3. The van der Waals surface area contributed by atoms with Gasteiger partial charge in [-0.2, -0.15) is 0 Å². The summed E-state index contributed by atoms with van der Waals surface area (Å²) in [7, 11) is 0. The molecule has 2 aromatic carbocycles. The first-order valence-electron chi connectivity index (χ1n) is 11.1. The number of alkyl carbamates (subject to hydrolysis) is 1. The van der Waals surface area contributed by atoms with Gasteiger partial charge in [0.05, 0.1) is 6.42 Å². The molecule has 0 radical (unpaired) electrons. The quantitative estimate of drug-likeness (QED) is 0.459. The molecule has 1 atom stereocenters. The zero-order valence-electron chi connectivity index (χ0n) is 18.3. The van der Waals surface area contributed by atoms with Crippen LogP contribution in [0.5, 0.6) is 0 Å². The second-order valence-corrected chi connectivity index (χ2v) is 8.13. The van der Waals surface area contributed by atoms with Crippen molar-refractivity contribution in [3.05, 3.63) is 59.7 Å². The van der Waals surface area contributed by atoms with Crippen molar-refractivity contribution in [1.29, 1.82) is 0 Å². The maximum Gasteiger partial charge on any atom is 0.407 e. The highest BCUT2D eigenvalue weighted by molar-refractivity contribution is 5.79. The molecule has 0 aliphatic heterocycles. The summed E-state index contributed by atoms with van der Waals surface area (Å²) < 4.78 is 5.50. The highest BCUT2D eigenvalue weighted by Gasteiger charge is 2.28. The van der Waals surface area contributed by atoms with E-state index in [2.05, 4.69) is 34.9 Å². The van der Waals surface area contributed by atoms with Crippen LogP contribution in [-0.4, -0.2) is 42.3 Å². The minimum absolute atomic E-state index is 0.0372. The molecule has 1 aliphatic carbocycles. The maximum absolute atomic E-state index is 12.1. The molecule has 3 N–H and O–H groups in total. The summed E-state index contributed by atoms with van der Waals surface area (Å²) in [5, 5.41) is 14.1. The third kappa shape index (κ3) is 6.33. The molecule has 170 valence electrons. The van der Waals surface area contributed by atoms with Crippen molar-refractivity contribution in [2.45, 2.75) is 51.0 Å². The minimum Gasteiger partial charge on any atom is -0.481 e. The van der Waals surface area contributed by atoms with Crippen LogP contribution in [0.25, 0.3) is 11.1 Å². The lowest BCUT2D eigenvalue weighted by atomic mass is 9.98. The molecule has 1 aliphatic rings. The van der Waals surface area contributed by atoms with E-state index in [0.717, 1.165) is 12.8 Å². The number of ether oxygens (including phenoxy) is 1. The van der Waals surface area contributed by atoms with Crippen molar-refractivity contribution in [3.8, 4) is 11.1 Å². The van der Waals surface area contributed by atoms with E-state index < -0.39 is 12.1 Å². The number of benzene rings is 2. The van der Waals surface area contributed by atoms with Gasteiger partial charge in [-0.15, -0.1) is 0 Å². The lowest BCUT2D eigenvalue weighted by molar-refractivity contribution is -0.137. The van der Waals surface area contributed by atoms with Crippen molar-refractivity contribution in [2.24, 2.45) is 0 Å². The molecule has 0 bridgehead atoms. The fourth-order valence-electron chi connectivity index (χ4n) is 4.09. The zero-order valence-corrected chi connectivity index (χ0v) is 18.3. The molecule has 0 saturated carbocycles. The maximum atomic E-state index is 12.1. The Morgan fingerprint density at radius 1 is 0.969 bits per heavy atom. The number of hydrogen-bond acceptors (Lipinski definition) is 4. The Labute approximate surface area is 188 Å². The van der Waals surface area contributed by atoms with Crippen LogP contribution in [0, 0.1) is 0 Å². The monoisotopic (exact) mass is 438 g/mol. The van der Waals surface area contributed by atoms with E-state index in [0.29, 0.717) is 19.4 Å². The van der Waals surface area contributed by atoms with Crippen LogP contribution in [0.15, 0.2) is 48.5 Å². The summed E-state index contributed by atoms with van der Waals surface area (Å²) >= 11 is 0. The van der Waals surface area contributed by atoms with Gasteiger partial charge in [0, 0.05) is 24.9 Å². The van der Waals surface area contributed by atoms with Crippen LogP contribution < -0.4 is 10.6 Å². The zero-order chi connectivity index (χ0) is 22.9. The third-order valence-corrected chi connectivity index (χ3v) is 5.58. The van der Waals surface area contributed by atoms with E-state index in [-0.39, 0.29) is 30.9 Å². The van der Waals surface area contributed by atoms with Gasteiger partial charge >= 0.3 is 12.1 Å². The van der Waals surface area contributed by atoms with E-state index in [1.807, 2.05) is 24.3 Å². The average Bonchev–Trinajstić information content (AvgIpc) is 3.08. The van der Waals surface area contributed by atoms with Gasteiger partial charge in [-0.1, -0.05) is 55.0 Å². The number of carboxylic acid groups (broad SMARTS) is 1. The summed E-state index contributed by atoms with van der Waals surface area (Å²) in [6.07, 6.45) is 2.02. The number of hydrogen-bond donors (Lipinski definition) is 3. The largest absolute Gasteiger partial charge is 0.481 e. The summed E-state index contributed by atoms with van der Waals surface area (Å²) in [4.78, 5) is 34.5. The Balaban J connectivity index is 1.33. The van der Waals surface area contributed by atoms with E-state index in [1.54, 1.807) is 6.92 Å². The molecule has 3 rings (SSSR count). The normalized spacial score (nSPS) is 13.0. The number of rotatable bonds is 11. The summed E-state index contributed by atoms with van der Waals surface area (Å²) in [5.41, 5.74) is 4.74. The van der Waals surface area contributed by atoms with Gasteiger partial charge in [-0.05, 0) is 42.0 Å². The van der Waals surface area contributed by atoms with E-state index in [4.69, 9.17) is 9.84 Å². The van der Waals surface area contributed by atoms with Crippen LogP contribution in [0.4, 0.5) is 4.79 Å². The van der Waals surface area contributed by atoms with Crippen LogP contribution >= 0.6 is 0 Å². The van der Waals surface area contributed by atoms with Gasteiger partial charge in [-0.25, -0.2) is 4.79 Å². The summed E-state index contributed by atoms with van der Waals surface area (Å²) in [5.74, 6) is -1.05. The SMILES string of the molecule is C[C@@H](CC(=O)O)NC(=O)CCCCCNC(=O)OCC1c2ccccc2-c2ccccc21. The van der Waals surface area contributed by atoms with Gasteiger partial charge in [0.15, 0.2) is 0 Å². The Bertz CT molecular complexity index is 913. The van der Waals surface area contributed by atoms with E-state index in [1.165, 1.54) is 22.3 Å². The molecule has 7 heteroatoms. The van der Waals surface area contributed by atoms with E-state index >= 15 is 0 Å². The number of nitrogens with one attached hydrogen (secondary N) is 2. The molecule has 32 heavy (non-hydrogen) atoms. The van der Waals surface area contributed by atoms with Gasteiger partial charge in [0.2, 0.25) is 5.91 Å². The summed E-state index contributed by atoms with van der Waals surface area (Å²) in [6, 6.07) is 16.0. The molecule has 0 spiro atoms. The number of amides is 2. The predicted octanol–water partition coefficient (Wildman–Crippen LogP) is 4.06. The lowest BCUT2D eigenvalue weighted by Gasteiger charge is -2.14. The molecule has 7 nitrogen and oxygen atoms in total. The standard InChI is InChI=1S/C25H30N2O5/c1-17(15-24(29)30)27-23(28)13-3-2-8-14-26-25(31)32-16-22-20-11-6-4-9-18(20)19-10-5-7-12-21(19)22/h4-7,9-12,17,22H,2-3,8,13-16H2,1H3,(H,26,31)(H,27,28)(H,29,30)/t17-/m0/s1. The van der Waals surface area contributed by atoms with Crippen molar-refractivity contribution in [1.82, 2.24) is 10.6 Å². The highest BCUT2D eigenvalue weighted by Crippen LogP contribution is 2.44. The molecule has 0 fully saturated rings. The highest BCUT2D eigenvalue weighted by atomic mass is 16.5. The molecular formula is C25H30N2O5. The average molecular weight is 439 g/mol. The smallest absolute Gasteiger partial charge is 0.407 e. The van der Waals surface area contributed by atoms with Crippen LogP contribution in [0.1, 0.15) is 56.1 Å². The molecule has 0 saturated heterocycles. The molecule has 0 aromatic heterocycles. The summed E-state index contributed by atoms with van der Waals surface area (Å²) in [6.45, 7) is 2.44. The Morgan fingerprint density at radius 2 is 1.59 bits per heavy atom. The number of carbonyl (C=O) groups excluding carboxylic acids is 2. The molecule has 2 amide bonds. The van der Waals surface area contributed by atoms with Crippen molar-refractivity contribution in [2.75, 3.05) is 13.2 Å². The first-order chi connectivity index (χ1) is 15.5. The Hall–Kier alpha value is -3.35. The number of carbonyl (C=O) groups is 3. The van der Waals surface area contributed by atoms with Crippen LogP contribution in [-0.2, 0) is 14.3 Å². The second-order valence-electron chi connectivity index (χ2n) is 8.13. The first-order valence-corrected chi connectivity index (χ1v) is 11.1. The minimum atomic E-state index is -0.933. The van der Waals surface area contributed by atoms with Gasteiger partial charge in [0.1, 0.15) is 6.61 Å². The number of aliphatic carboxylic acids is 1. The van der Waals surface area contributed by atoms with Crippen LogP contribution in [0.3, 0.4) is 0 Å².